The van der Waals surface area contributed by atoms with Gasteiger partial charge in [0.25, 0.3) is 0 Å². The van der Waals surface area contributed by atoms with E-state index in [1.54, 1.807) is 38.4 Å². The fourth-order valence-corrected chi connectivity index (χ4v) is 5.00. The third-order valence-corrected chi connectivity index (χ3v) is 7.16. The minimum absolute atomic E-state index is 0.124. The average molecular weight is 396 g/mol. The van der Waals surface area contributed by atoms with Gasteiger partial charge in [-0.1, -0.05) is 31.0 Å². The molecule has 2 N–H and O–H groups in total. The second kappa shape index (κ2) is 10.7. The first-order chi connectivity index (χ1) is 13.0. The summed E-state index contributed by atoms with van der Waals surface area (Å²) in [5.74, 6) is 0.856. The SMILES string of the molecule is CN=C(NCCCS(=O)(=O)c1ccccc1)NCC1(CCOC)CCCC1. The molecule has 1 aliphatic carbocycles. The van der Waals surface area contributed by atoms with Crippen LogP contribution in [-0.4, -0.2) is 54.0 Å². The Bertz CT molecular complexity index is 684. The highest BCUT2D eigenvalue weighted by molar-refractivity contribution is 7.91. The van der Waals surface area contributed by atoms with Crippen molar-refractivity contribution >= 4 is 15.8 Å². The molecule has 0 unspecified atom stereocenters. The highest BCUT2D eigenvalue weighted by atomic mass is 32.2. The molecular weight excluding hydrogens is 362 g/mol. The zero-order chi connectivity index (χ0) is 19.6. The summed E-state index contributed by atoms with van der Waals surface area (Å²) in [5, 5.41) is 6.66. The molecule has 0 radical (unpaired) electrons. The lowest BCUT2D eigenvalue weighted by molar-refractivity contribution is 0.138. The van der Waals surface area contributed by atoms with Gasteiger partial charge < -0.3 is 15.4 Å². The summed E-state index contributed by atoms with van der Waals surface area (Å²) in [6.45, 7) is 2.22. The van der Waals surface area contributed by atoms with Crippen LogP contribution in [-0.2, 0) is 14.6 Å². The van der Waals surface area contributed by atoms with Gasteiger partial charge in [-0.05, 0) is 43.2 Å². The Morgan fingerprint density at radius 2 is 1.89 bits per heavy atom. The first kappa shape index (κ1) is 21.7. The number of guanidine groups is 1. The van der Waals surface area contributed by atoms with Crippen LogP contribution < -0.4 is 10.6 Å². The first-order valence-corrected chi connectivity index (χ1v) is 11.4. The number of hydrogen-bond donors (Lipinski definition) is 2. The molecule has 7 heteroatoms. The Hall–Kier alpha value is -1.60. The van der Waals surface area contributed by atoms with Crippen LogP contribution in [0.2, 0.25) is 0 Å². The van der Waals surface area contributed by atoms with Crippen molar-refractivity contribution in [2.24, 2.45) is 10.4 Å². The number of hydrogen-bond acceptors (Lipinski definition) is 4. The maximum absolute atomic E-state index is 12.3. The molecule has 1 aromatic rings. The van der Waals surface area contributed by atoms with Crippen molar-refractivity contribution < 1.29 is 13.2 Å². The summed E-state index contributed by atoms with van der Waals surface area (Å²) in [6, 6.07) is 8.60. The molecule has 0 bridgehead atoms. The lowest BCUT2D eigenvalue weighted by atomic mass is 9.83. The second-order valence-electron chi connectivity index (χ2n) is 7.29. The third kappa shape index (κ3) is 6.81. The van der Waals surface area contributed by atoms with Crippen molar-refractivity contribution in [3.8, 4) is 0 Å². The predicted octanol–water partition coefficient (Wildman–Crippen LogP) is 2.61. The predicted molar refractivity (Wildman–Crippen MR) is 110 cm³/mol. The molecule has 0 aliphatic heterocycles. The molecule has 0 atom stereocenters. The zero-order valence-corrected chi connectivity index (χ0v) is 17.4. The van der Waals surface area contributed by atoms with Crippen LogP contribution in [0.25, 0.3) is 0 Å². The molecule has 0 amide bonds. The van der Waals surface area contributed by atoms with Crippen LogP contribution in [0, 0.1) is 5.41 Å². The fraction of sp³-hybridized carbons (Fsp3) is 0.650. The smallest absolute Gasteiger partial charge is 0.190 e. The Morgan fingerprint density at radius 3 is 2.52 bits per heavy atom. The van der Waals surface area contributed by atoms with Crippen molar-refractivity contribution in [1.29, 1.82) is 0 Å². The van der Waals surface area contributed by atoms with E-state index in [2.05, 4.69) is 15.6 Å². The minimum Gasteiger partial charge on any atom is -0.385 e. The Kier molecular flexibility index (Phi) is 8.57. The zero-order valence-electron chi connectivity index (χ0n) is 16.5. The van der Waals surface area contributed by atoms with E-state index in [1.807, 2.05) is 6.07 Å². The van der Waals surface area contributed by atoms with E-state index < -0.39 is 9.84 Å². The van der Waals surface area contributed by atoms with Crippen molar-refractivity contribution in [3.05, 3.63) is 30.3 Å². The van der Waals surface area contributed by atoms with Gasteiger partial charge in [0.1, 0.15) is 0 Å². The highest BCUT2D eigenvalue weighted by Gasteiger charge is 2.33. The van der Waals surface area contributed by atoms with Gasteiger partial charge >= 0.3 is 0 Å². The number of ether oxygens (including phenoxy) is 1. The van der Waals surface area contributed by atoms with Crippen LogP contribution >= 0.6 is 0 Å². The topological polar surface area (TPSA) is 79.8 Å². The molecule has 152 valence electrons. The molecule has 1 aromatic carbocycles. The molecule has 0 saturated heterocycles. The van der Waals surface area contributed by atoms with Crippen molar-refractivity contribution in [1.82, 2.24) is 10.6 Å². The summed E-state index contributed by atoms with van der Waals surface area (Å²) < 4.78 is 29.9. The standard InChI is InChI=1S/C20H33N3O3S/c1-21-19(23-17-20(13-15-26-2)11-6-7-12-20)22-14-8-16-27(24,25)18-9-4-3-5-10-18/h3-5,9-10H,6-8,11-17H2,1-2H3,(H2,21,22,23). The van der Waals surface area contributed by atoms with Crippen LogP contribution in [0.5, 0.6) is 0 Å². The summed E-state index contributed by atoms with van der Waals surface area (Å²) in [7, 11) is 0.268. The number of rotatable bonds is 10. The average Bonchev–Trinajstić information content (AvgIpc) is 3.15. The van der Waals surface area contributed by atoms with Gasteiger partial charge in [0, 0.05) is 33.9 Å². The molecule has 6 nitrogen and oxygen atoms in total. The number of nitrogens with zero attached hydrogens (tertiary/aromatic N) is 1. The summed E-state index contributed by atoms with van der Waals surface area (Å²) in [6.07, 6.45) is 6.57. The number of methoxy groups -OCH3 is 1. The summed E-state index contributed by atoms with van der Waals surface area (Å²) >= 11 is 0. The van der Waals surface area contributed by atoms with E-state index in [4.69, 9.17) is 4.74 Å². The van der Waals surface area contributed by atoms with Gasteiger partial charge in [0.2, 0.25) is 0 Å². The largest absolute Gasteiger partial charge is 0.385 e. The number of aliphatic imine (C=N–C) groups is 1. The van der Waals surface area contributed by atoms with Gasteiger partial charge in [-0.3, -0.25) is 4.99 Å². The Labute approximate surface area is 163 Å². The summed E-state index contributed by atoms with van der Waals surface area (Å²) in [5.41, 5.74) is 0.282. The van der Waals surface area contributed by atoms with Gasteiger partial charge in [-0.2, -0.15) is 0 Å². The van der Waals surface area contributed by atoms with Crippen LogP contribution in [0.15, 0.2) is 40.2 Å². The molecular formula is C20H33N3O3S. The molecule has 1 fully saturated rings. The lowest BCUT2D eigenvalue weighted by Crippen LogP contribution is -2.43. The quantitative estimate of drug-likeness (QED) is 0.362. The van der Waals surface area contributed by atoms with Crippen molar-refractivity contribution in [3.63, 3.8) is 0 Å². The van der Waals surface area contributed by atoms with Gasteiger partial charge in [-0.25, -0.2) is 8.42 Å². The number of nitrogens with one attached hydrogen (secondary N) is 2. The van der Waals surface area contributed by atoms with Crippen LogP contribution in [0.4, 0.5) is 0 Å². The molecule has 0 spiro atoms. The van der Waals surface area contributed by atoms with Crippen molar-refractivity contribution in [2.75, 3.05) is 39.6 Å². The fourth-order valence-electron chi connectivity index (χ4n) is 3.67. The maximum atomic E-state index is 12.3. The number of sulfone groups is 1. The number of benzene rings is 1. The van der Waals surface area contributed by atoms with Crippen molar-refractivity contribution in [2.45, 2.75) is 43.4 Å². The van der Waals surface area contributed by atoms with Gasteiger partial charge in [0.05, 0.1) is 10.6 Å². The Morgan fingerprint density at radius 1 is 1.19 bits per heavy atom. The van der Waals surface area contributed by atoms with Gasteiger partial charge in [0.15, 0.2) is 15.8 Å². The van der Waals surface area contributed by atoms with E-state index in [0.717, 1.165) is 25.5 Å². The Balaban J connectivity index is 1.75. The first-order valence-electron chi connectivity index (χ1n) is 9.73. The van der Waals surface area contributed by atoms with Gasteiger partial charge in [-0.15, -0.1) is 0 Å². The van der Waals surface area contributed by atoms with Crippen LogP contribution in [0.3, 0.4) is 0 Å². The maximum Gasteiger partial charge on any atom is 0.190 e. The van der Waals surface area contributed by atoms with E-state index in [1.165, 1.54) is 25.7 Å². The molecule has 1 saturated carbocycles. The normalized spacial score (nSPS) is 17.0. The second-order valence-corrected chi connectivity index (χ2v) is 9.40. The van der Waals surface area contributed by atoms with E-state index in [0.29, 0.717) is 17.9 Å². The summed E-state index contributed by atoms with van der Waals surface area (Å²) in [4.78, 5) is 4.65. The van der Waals surface area contributed by atoms with E-state index >= 15 is 0 Å². The molecule has 27 heavy (non-hydrogen) atoms. The van der Waals surface area contributed by atoms with Crippen LogP contribution in [0.1, 0.15) is 38.5 Å². The molecule has 0 heterocycles. The monoisotopic (exact) mass is 395 g/mol. The third-order valence-electron chi connectivity index (χ3n) is 5.34. The molecule has 0 aromatic heterocycles. The van der Waals surface area contributed by atoms with E-state index in [9.17, 15) is 8.42 Å². The molecule has 2 rings (SSSR count). The molecule has 1 aliphatic rings. The van der Waals surface area contributed by atoms with E-state index in [-0.39, 0.29) is 11.2 Å². The highest BCUT2D eigenvalue weighted by Crippen LogP contribution is 2.40. The minimum atomic E-state index is -3.22. The lowest BCUT2D eigenvalue weighted by Gasteiger charge is -2.30.